The van der Waals surface area contributed by atoms with Gasteiger partial charge in [-0.15, -0.1) is 0 Å². The summed E-state index contributed by atoms with van der Waals surface area (Å²) in [6.07, 6.45) is 7.97. The molecule has 0 unspecified atom stereocenters. The topological polar surface area (TPSA) is 37.3 Å². The molecular formula is C9H10O2. The van der Waals surface area contributed by atoms with Crippen LogP contribution >= 0.6 is 0 Å². The molecule has 58 valence electrons. The van der Waals surface area contributed by atoms with E-state index in [-0.39, 0.29) is 5.92 Å². The fraction of sp³-hybridized carbons (Fsp3) is 0.444. The van der Waals surface area contributed by atoms with Gasteiger partial charge in [0.25, 0.3) is 0 Å². The molecule has 2 atom stereocenters. The minimum absolute atomic E-state index is 0.215. The Morgan fingerprint density at radius 3 is 3.09 bits per heavy atom. The normalized spacial score (nSPS) is 33.6. The van der Waals surface area contributed by atoms with E-state index < -0.39 is 5.97 Å². The van der Waals surface area contributed by atoms with Crippen molar-refractivity contribution in [2.75, 3.05) is 0 Å². The fourth-order valence-electron chi connectivity index (χ4n) is 1.95. The van der Waals surface area contributed by atoms with Crippen LogP contribution in [0, 0.1) is 11.8 Å². The van der Waals surface area contributed by atoms with Crippen molar-refractivity contribution in [3.63, 3.8) is 0 Å². The number of hydrogen-bond donors (Lipinski definition) is 1. The maximum Gasteiger partial charge on any atom is 0.331 e. The molecule has 0 bridgehead atoms. The Morgan fingerprint density at radius 2 is 2.36 bits per heavy atom. The van der Waals surface area contributed by atoms with Gasteiger partial charge < -0.3 is 5.11 Å². The Kier molecular flexibility index (Phi) is 1.34. The third-order valence-electron chi connectivity index (χ3n) is 2.54. The van der Waals surface area contributed by atoms with Crippen LogP contribution in [0.5, 0.6) is 0 Å². The molecule has 2 aliphatic carbocycles. The Bertz CT molecular complexity index is 250. The number of carbonyl (C=O) groups is 1. The summed E-state index contributed by atoms with van der Waals surface area (Å²) in [5.41, 5.74) is 0.601. The molecule has 0 fully saturated rings. The lowest BCUT2D eigenvalue weighted by molar-refractivity contribution is -0.133. The summed E-state index contributed by atoms with van der Waals surface area (Å²) < 4.78 is 0. The standard InChI is InChI=1S/C9H10O2/c10-9(11)8-5-4-6-2-1-3-7(6)8/h1,3,5-7H,2,4H2,(H,10,11)/t6-,7-/m1/s1. The van der Waals surface area contributed by atoms with Crippen molar-refractivity contribution in [1.29, 1.82) is 0 Å². The van der Waals surface area contributed by atoms with Crippen molar-refractivity contribution < 1.29 is 9.90 Å². The van der Waals surface area contributed by atoms with Crippen LogP contribution < -0.4 is 0 Å². The Morgan fingerprint density at radius 1 is 1.55 bits per heavy atom. The highest BCUT2D eigenvalue weighted by Gasteiger charge is 2.33. The fourth-order valence-corrected chi connectivity index (χ4v) is 1.95. The van der Waals surface area contributed by atoms with Gasteiger partial charge in [-0.3, -0.25) is 0 Å². The van der Waals surface area contributed by atoms with Crippen molar-refractivity contribution in [1.82, 2.24) is 0 Å². The van der Waals surface area contributed by atoms with E-state index in [0.29, 0.717) is 11.5 Å². The van der Waals surface area contributed by atoms with Gasteiger partial charge in [-0.25, -0.2) is 4.79 Å². The van der Waals surface area contributed by atoms with Gasteiger partial charge in [0.15, 0.2) is 0 Å². The average molecular weight is 150 g/mol. The van der Waals surface area contributed by atoms with Crippen molar-refractivity contribution in [2.24, 2.45) is 11.8 Å². The van der Waals surface area contributed by atoms with E-state index >= 15 is 0 Å². The lowest BCUT2D eigenvalue weighted by atomic mass is 9.95. The van der Waals surface area contributed by atoms with Crippen LogP contribution in [-0.2, 0) is 4.79 Å². The summed E-state index contributed by atoms with van der Waals surface area (Å²) in [5.74, 6) is 0.0256. The highest BCUT2D eigenvalue weighted by Crippen LogP contribution is 2.39. The summed E-state index contributed by atoms with van der Waals surface area (Å²) in [4.78, 5) is 10.6. The van der Waals surface area contributed by atoms with Crippen LogP contribution in [0.3, 0.4) is 0 Å². The smallest absolute Gasteiger partial charge is 0.331 e. The molecule has 0 spiro atoms. The van der Waals surface area contributed by atoms with Gasteiger partial charge in [0.2, 0.25) is 0 Å². The second-order valence-electron chi connectivity index (χ2n) is 3.15. The highest BCUT2D eigenvalue weighted by atomic mass is 16.4. The number of hydrogen-bond acceptors (Lipinski definition) is 1. The van der Waals surface area contributed by atoms with Gasteiger partial charge in [0.05, 0.1) is 0 Å². The molecule has 0 saturated heterocycles. The maximum absolute atomic E-state index is 10.6. The third-order valence-corrected chi connectivity index (χ3v) is 2.54. The van der Waals surface area contributed by atoms with Crippen molar-refractivity contribution in [2.45, 2.75) is 12.8 Å². The molecule has 2 nitrogen and oxygen atoms in total. The molecule has 0 amide bonds. The van der Waals surface area contributed by atoms with Crippen LogP contribution in [-0.4, -0.2) is 11.1 Å². The summed E-state index contributed by atoms with van der Waals surface area (Å²) in [5, 5.41) is 8.76. The first kappa shape index (κ1) is 6.65. The van der Waals surface area contributed by atoms with Crippen molar-refractivity contribution in [3.8, 4) is 0 Å². The molecule has 0 aliphatic heterocycles. The quantitative estimate of drug-likeness (QED) is 0.576. The Labute approximate surface area is 65.2 Å². The minimum Gasteiger partial charge on any atom is -0.478 e. The lowest BCUT2D eigenvalue weighted by Crippen LogP contribution is -2.10. The summed E-state index contributed by atoms with van der Waals surface area (Å²) in [7, 11) is 0. The zero-order chi connectivity index (χ0) is 7.84. The second-order valence-corrected chi connectivity index (χ2v) is 3.15. The summed E-state index contributed by atoms with van der Waals surface area (Å²) >= 11 is 0. The number of fused-ring (bicyclic) bond motifs is 1. The third kappa shape index (κ3) is 0.897. The number of carboxylic acid groups (broad SMARTS) is 1. The van der Waals surface area contributed by atoms with Crippen LogP contribution in [0.2, 0.25) is 0 Å². The molecule has 0 saturated carbocycles. The van der Waals surface area contributed by atoms with Gasteiger partial charge >= 0.3 is 5.97 Å². The molecule has 0 aromatic carbocycles. The molecule has 0 heterocycles. The number of aliphatic carboxylic acids is 1. The van der Waals surface area contributed by atoms with E-state index in [2.05, 4.69) is 6.08 Å². The van der Waals surface area contributed by atoms with E-state index in [1.165, 1.54) is 0 Å². The molecule has 2 rings (SSSR count). The zero-order valence-electron chi connectivity index (χ0n) is 6.16. The van der Waals surface area contributed by atoms with Gasteiger partial charge in [0.1, 0.15) is 0 Å². The molecule has 2 aliphatic rings. The Hall–Kier alpha value is -1.05. The van der Waals surface area contributed by atoms with Crippen molar-refractivity contribution in [3.05, 3.63) is 23.8 Å². The van der Waals surface area contributed by atoms with Gasteiger partial charge in [-0.2, -0.15) is 0 Å². The molecule has 0 radical (unpaired) electrons. The number of carboxylic acids is 1. The van der Waals surface area contributed by atoms with E-state index in [9.17, 15) is 4.79 Å². The zero-order valence-corrected chi connectivity index (χ0v) is 6.16. The molecule has 2 heteroatoms. The first-order valence-corrected chi connectivity index (χ1v) is 3.89. The largest absolute Gasteiger partial charge is 0.478 e. The highest BCUT2D eigenvalue weighted by molar-refractivity contribution is 5.88. The van der Waals surface area contributed by atoms with Crippen molar-refractivity contribution >= 4 is 5.97 Å². The van der Waals surface area contributed by atoms with Crippen LogP contribution in [0.1, 0.15) is 12.8 Å². The predicted octanol–water partition coefficient (Wildman–Crippen LogP) is 1.59. The Balaban J connectivity index is 2.24. The molecule has 11 heavy (non-hydrogen) atoms. The van der Waals surface area contributed by atoms with Crippen LogP contribution in [0.25, 0.3) is 0 Å². The average Bonchev–Trinajstić information content (AvgIpc) is 2.41. The summed E-state index contributed by atoms with van der Waals surface area (Å²) in [6.45, 7) is 0. The second kappa shape index (κ2) is 2.22. The van der Waals surface area contributed by atoms with Crippen LogP contribution in [0.4, 0.5) is 0 Å². The molecular weight excluding hydrogens is 140 g/mol. The van der Waals surface area contributed by atoms with E-state index in [1.807, 2.05) is 12.2 Å². The monoisotopic (exact) mass is 150 g/mol. The van der Waals surface area contributed by atoms with E-state index in [0.717, 1.165) is 12.8 Å². The van der Waals surface area contributed by atoms with Gasteiger partial charge in [-0.05, 0) is 18.8 Å². The molecule has 1 N–H and O–H groups in total. The lowest BCUT2D eigenvalue weighted by Gasteiger charge is -2.09. The maximum atomic E-state index is 10.6. The summed E-state index contributed by atoms with van der Waals surface area (Å²) in [6, 6.07) is 0. The first-order valence-electron chi connectivity index (χ1n) is 3.89. The van der Waals surface area contributed by atoms with Gasteiger partial charge in [0, 0.05) is 11.5 Å². The van der Waals surface area contributed by atoms with Gasteiger partial charge in [-0.1, -0.05) is 18.2 Å². The SMILES string of the molecule is O=C(O)C1=CC[C@H]2CC=C[C@@H]12. The number of rotatable bonds is 1. The predicted molar refractivity (Wildman–Crippen MR) is 41.1 cm³/mol. The number of allylic oxidation sites excluding steroid dienone is 3. The molecule has 0 aromatic rings. The first-order chi connectivity index (χ1) is 5.29. The van der Waals surface area contributed by atoms with E-state index in [4.69, 9.17) is 5.11 Å². The van der Waals surface area contributed by atoms with Crippen LogP contribution in [0.15, 0.2) is 23.8 Å². The minimum atomic E-state index is -0.746. The molecule has 0 aromatic heterocycles. The van der Waals surface area contributed by atoms with E-state index in [1.54, 1.807) is 0 Å².